The summed E-state index contributed by atoms with van der Waals surface area (Å²) in [6.45, 7) is 10.0. The molecule has 11 nitrogen and oxygen atoms in total. The van der Waals surface area contributed by atoms with E-state index in [2.05, 4.69) is 57.2 Å². The quantitative estimate of drug-likeness (QED) is 0.301. The Bertz CT molecular complexity index is 1830. The molecule has 5 heterocycles. The maximum absolute atomic E-state index is 13.3. The van der Waals surface area contributed by atoms with E-state index >= 15 is 0 Å². The van der Waals surface area contributed by atoms with Crippen LogP contribution in [0.5, 0.6) is 0 Å². The van der Waals surface area contributed by atoms with E-state index in [1.807, 2.05) is 19.9 Å². The summed E-state index contributed by atoms with van der Waals surface area (Å²) in [6.07, 6.45) is 7.61. The highest BCUT2D eigenvalue weighted by Gasteiger charge is 2.22. The number of likely N-dealkylation sites (tertiary alicyclic amines) is 1. The van der Waals surface area contributed by atoms with Gasteiger partial charge in [-0.1, -0.05) is 12.1 Å². The second kappa shape index (κ2) is 10.2. The normalized spacial score (nSPS) is 14.9. The molecular weight excluding hydrogens is 506 g/mol. The number of H-pyrrole nitrogens is 1. The van der Waals surface area contributed by atoms with Crippen LogP contribution in [0.15, 0.2) is 65.0 Å². The zero-order valence-electron chi connectivity index (χ0n) is 23.0. The Morgan fingerprint density at radius 2 is 1.95 bits per heavy atom. The Labute approximate surface area is 230 Å². The summed E-state index contributed by atoms with van der Waals surface area (Å²) in [7, 11) is 2.18. The topological polar surface area (TPSA) is 119 Å². The van der Waals surface area contributed by atoms with Crippen LogP contribution in [0.3, 0.4) is 0 Å². The van der Waals surface area contributed by atoms with E-state index in [-0.39, 0.29) is 23.7 Å². The molecule has 0 aliphatic carbocycles. The lowest BCUT2D eigenvalue weighted by Crippen LogP contribution is -2.29. The molecule has 2 N–H and O–H groups in total. The maximum atomic E-state index is 13.3. The van der Waals surface area contributed by atoms with Gasteiger partial charge in [-0.05, 0) is 76.5 Å². The third kappa shape index (κ3) is 4.51. The Morgan fingerprint density at radius 3 is 2.70 bits per heavy atom. The third-order valence-corrected chi connectivity index (χ3v) is 7.62. The molecule has 0 unspecified atom stereocenters. The van der Waals surface area contributed by atoms with Crippen molar-refractivity contribution >= 4 is 33.6 Å². The summed E-state index contributed by atoms with van der Waals surface area (Å²) in [5.74, 6) is 1.31. The van der Waals surface area contributed by atoms with Crippen molar-refractivity contribution in [1.29, 1.82) is 0 Å². The van der Waals surface area contributed by atoms with Crippen LogP contribution in [0, 0.1) is 0 Å². The monoisotopic (exact) mass is 539 g/mol. The number of benzene rings is 1. The molecule has 0 bridgehead atoms. The Hall–Kier alpha value is -4.51. The van der Waals surface area contributed by atoms with Crippen molar-refractivity contribution in [2.24, 2.45) is 0 Å². The predicted octanol–water partition coefficient (Wildman–Crippen LogP) is 3.94. The molecule has 6 rings (SSSR count). The van der Waals surface area contributed by atoms with Gasteiger partial charge < -0.3 is 15.2 Å². The van der Waals surface area contributed by atoms with Gasteiger partial charge in [-0.15, -0.1) is 11.7 Å². The molecule has 0 amide bonds. The Kier molecular flexibility index (Phi) is 6.59. The van der Waals surface area contributed by atoms with E-state index in [1.54, 1.807) is 16.8 Å². The molecule has 1 saturated heterocycles. The van der Waals surface area contributed by atoms with Crippen molar-refractivity contribution in [3.05, 3.63) is 81.7 Å². The molecule has 0 radical (unpaired) electrons. The molecule has 1 aromatic carbocycles. The highest BCUT2D eigenvalue weighted by Crippen LogP contribution is 2.34. The number of rotatable bonds is 7. The lowest BCUT2D eigenvalue weighted by Gasteiger charge is -2.28. The van der Waals surface area contributed by atoms with Crippen LogP contribution in [0.4, 0.5) is 11.6 Å². The minimum Gasteiger partial charge on any atom is -0.361 e. The molecule has 0 saturated carbocycles. The molecule has 206 valence electrons. The van der Waals surface area contributed by atoms with Crippen LogP contribution in [-0.4, -0.2) is 59.1 Å². The van der Waals surface area contributed by atoms with E-state index in [0.29, 0.717) is 28.7 Å². The van der Waals surface area contributed by atoms with Gasteiger partial charge in [-0.3, -0.25) is 9.59 Å². The van der Waals surface area contributed by atoms with Gasteiger partial charge in [0.25, 0.3) is 11.1 Å². The van der Waals surface area contributed by atoms with Gasteiger partial charge in [-0.2, -0.15) is 4.98 Å². The van der Waals surface area contributed by atoms with Gasteiger partial charge >= 0.3 is 0 Å². The first kappa shape index (κ1) is 25.8. The number of anilines is 2. The number of allylic oxidation sites excluding steroid dienone is 1. The number of aromatic amines is 1. The van der Waals surface area contributed by atoms with Crippen molar-refractivity contribution in [3.63, 3.8) is 0 Å². The van der Waals surface area contributed by atoms with E-state index in [0.717, 1.165) is 37.1 Å². The largest absolute Gasteiger partial charge is 0.361 e. The lowest BCUT2D eigenvalue weighted by molar-refractivity contribution is 0.256. The number of hydrogen-bond donors (Lipinski definition) is 2. The summed E-state index contributed by atoms with van der Waals surface area (Å²) >= 11 is 0. The predicted molar refractivity (Wildman–Crippen MR) is 157 cm³/mol. The number of aromatic nitrogens is 7. The fourth-order valence-electron chi connectivity index (χ4n) is 5.52. The number of fused-ring (bicyclic) bond motifs is 2. The van der Waals surface area contributed by atoms with E-state index in [1.165, 1.54) is 32.6 Å². The second-order valence-electron chi connectivity index (χ2n) is 10.7. The summed E-state index contributed by atoms with van der Waals surface area (Å²) in [4.78, 5) is 40.6. The SMILES string of the molecule is C=CCn1c(=O)c2cnc(Nc3ccc4c(C5CCN(C)CC5)c[nH]c4c3)nc2n1-c1ccc(=O)n(C(C)C)n1. The summed E-state index contributed by atoms with van der Waals surface area (Å²) < 4.78 is 4.49. The van der Waals surface area contributed by atoms with Crippen molar-refractivity contribution in [2.75, 3.05) is 25.5 Å². The summed E-state index contributed by atoms with van der Waals surface area (Å²) in [6, 6.07) is 9.10. The molecule has 11 heteroatoms. The highest BCUT2D eigenvalue weighted by molar-refractivity contribution is 5.87. The van der Waals surface area contributed by atoms with Crippen LogP contribution < -0.4 is 16.4 Å². The lowest BCUT2D eigenvalue weighted by atomic mass is 9.89. The average Bonchev–Trinajstić information content (AvgIpc) is 3.48. The van der Waals surface area contributed by atoms with Crippen LogP contribution in [0.2, 0.25) is 0 Å². The van der Waals surface area contributed by atoms with Crippen molar-refractivity contribution < 1.29 is 0 Å². The highest BCUT2D eigenvalue weighted by atomic mass is 16.1. The van der Waals surface area contributed by atoms with Gasteiger partial charge in [-0.25, -0.2) is 19.0 Å². The summed E-state index contributed by atoms with van der Waals surface area (Å²) in [5.41, 5.74) is 3.15. The standard InChI is InChI=1S/C29H33N9O2/c1-5-12-36-28(40)23-17-31-29(33-27(23)38(36)25-8-9-26(39)37(34-25)18(2)3)32-20-6-7-21-22(16-30-24(21)15-20)19-10-13-35(4)14-11-19/h5-9,15-19,30H,1,10-14H2,2-4H3,(H,31,32,33). The number of piperidine rings is 1. The Morgan fingerprint density at radius 1 is 1.15 bits per heavy atom. The second-order valence-corrected chi connectivity index (χ2v) is 10.7. The zero-order valence-corrected chi connectivity index (χ0v) is 23.0. The zero-order chi connectivity index (χ0) is 28.0. The smallest absolute Gasteiger partial charge is 0.278 e. The fourth-order valence-corrected chi connectivity index (χ4v) is 5.52. The van der Waals surface area contributed by atoms with Gasteiger partial charge in [0, 0.05) is 35.1 Å². The molecular formula is C29H33N9O2. The molecule has 0 spiro atoms. The number of nitrogens with zero attached hydrogens (tertiary/aromatic N) is 7. The van der Waals surface area contributed by atoms with Gasteiger partial charge in [0.2, 0.25) is 5.95 Å². The van der Waals surface area contributed by atoms with Crippen LogP contribution in [0.25, 0.3) is 27.8 Å². The minimum atomic E-state index is -0.264. The molecule has 1 aliphatic heterocycles. The van der Waals surface area contributed by atoms with Gasteiger partial charge in [0.05, 0.1) is 12.6 Å². The van der Waals surface area contributed by atoms with Crippen molar-refractivity contribution in [3.8, 4) is 5.82 Å². The van der Waals surface area contributed by atoms with Gasteiger partial charge in [0.1, 0.15) is 5.39 Å². The van der Waals surface area contributed by atoms with E-state index in [9.17, 15) is 9.59 Å². The molecule has 0 atom stereocenters. The van der Waals surface area contributed by atoms with E-state index in [4.69, 9.17) is 4.98 Å². The average molecular weight is 540 g/mol. The Balaban J connectivity index is 1.38. The van der Waals surface area contributed by atoms with Crippen molar-refractivity contribution in [1.82, 2.24) is 39.0 Å². The minimum absolute atomic E-state index is 0.149. The molecule has 4 aromatic heterocycles. The first-order valence-electron chi connectivity index (χ1n) is 13.6. The molecule has 1 aliphatic rings. The van der Waals surface area contributed by atoms with Crippen LogP contribution in [0.1, 0.15) is 44.2 Å². The summed E-state index contributed by atoms with van der Waals surface area (Å²) in [5, 5.41) is 9.40. The molecule has 5 aromatic rings. The van der Waals surface area contributed by atoms with Gasteiger partial charge in [0.15, 0.2) is 11.5 Å². The van der Waals surface area contributed by atoms with E-state index < -0.39 is 0 Å². The third-order valence-electron chi connectivity index (χ3n) is 7.62. The maximum Gasteiger partial charge on any atom is 0.278 e. The molecule has 1 fully saturated rings. The number of hydrogen-bond acceptors (Lipinski definition) is 7. The fraction of sp³-hybridized carbons (Fsp3) is 0.345. The van der Waals surface area contributed by atoms with Crippen molar-refractivity contribution in [2.45, 2.75) is 45.2 Å². The first-order valence-corrected chi connectivity index (χ1v) is 13.6. The van der Waals surface area contributed by atoms with Crippen LogP contribution in [-0.2, 0) is 6.54 Å². The molecule has 40 heavy (non-hydrogen) atoms. The van der Waals surface area contributed by atoms with Crippen LogP contribution >= 0.6 is 0 Å². The number of nitrogens with one attached hydrogen (secondary N) is 2. The first-order chi connectivity index (χ1) is 19.3.